The highest BCUT2D eigenvalue weighted by Gasteiger charge is 2.41. The molecule has 12 heteroatoms. The largest absolute Gasteiger partial charge is 0.497 e. The second-order valence-corrected chi connectivity index (χ2v) is 13.2. The van der Waals surface area contributed by atoms with Crippen LogP contribution in [0.5, 0.6) is 5.75 Å². The van der Waals surface area contributed by atoms with Crippen LogP contribution in [-0.4, -0.2) is 87.0 Å². The van der Waals surface area contributed by atoms with E-state index in [9.17, 15) is 23.1 Å². The lowest BCUT2D eigenvalue weighted by atomic mass is 10.0. The van der Waals surface area contributed by atoms with Crippen LogP contribution in [0.2, 0.25) is 0 Å². The molecule has 5 rings (SSSR count). The summed E-state index contributed by atoms with van der Waals surface area (Å²) in [7, 11) is -2.59. The Kier molecular flexibility index (Phi) is 9.67. The Morgan fingerprint density at radius 1 is 1.14 bits per heavy atom. The van der Waals surface area contributed by atoms with Gasteiger partial charge in [0.25, 0.3) is 0 Å². The quantitative estimate of drug-likeness (QED) is 0.336. The molecule has 0 bridgehead atoms. The summed E-state index contributed by atoms with van der Waals surface area (Å²) in [6.07, 6.45) is 1.29. The molecule has 2 aromatic rings. The molecule has 0 radical (unpaired) electrons. The van der Waals surface area contributed by atoms with Crippen molar-refractivity contribution in [3.8, 4) is 5.75 Å². The highest BCUT2D eigenvalue weighted by molar-refractivity contribution is 7.89. The Labute approximate surface area is 246 Å². The van der Waals surface area contributed by atoms with E-state index in [0.29, 0.717) is 30.9 Å². The zero-order chi connectivity index (χ0) is 29.7. The molecule has 3 N–H and O–H groups in total. The van der Waals surface area contributed by atoms with Crippen LogP contribution in [0, 0.1) is 5.92 Å². The van der Waals surface area contributed by atoms with Crippen molar-refractivity contribution in [3.05, 3.63) is 60.2 Å². The summed E-state index contributed by atoms with van der Waals surface area (Å²) in [5.74, 6) is 0.753. The Morgan fingerprint density at radius 3 is 2.57 bits per heavy atom. The van der Waals surface area contributed by atoms with Crippen molar-refractivity contribution in [1.82, 2.24) is 14.9 Å². The minimum absolute atomic E-state index is 0.0233. The molecular formula is C30H39N3O8S. The topological polar surface area (TPSA) is 144 Å². The lowest BCUT2D eigenvalue weighted by Crippen LogP contribution is -2.52. The molecule has 42 heavy (non-hydrogen) atoms. The van der Waals surface area contributed by atoms with Gasteiger partial charge in [0.05, 0.1) is 30.3 Å². The molecule has 0 aromatic heterocycles. The third-order valence-electron chi connectivity index (χ3n) is 8.34. The Morgan fingerprint density at radius 2 is 1.90 bits per heavy atom. The lowest BCUT2D eigenvalue weighted by Gasteiger charge is -2.31. The number of hydrogen-bond acceptors (Lipinski definition) is 8. The zero-order valence-corrected chi connectivity index (χ0v) is 24.5. The van der Waals surface area contributed by atoms with Crippen molar-refractivity contribution in [2.45, 2.75) is 73.8 Å². The number of carbonyl (C=O) groups excluding carboxylic acids is 2. The molecule has 2 aliphatic heterocycles. The molecule has 228 valence electrons. The number of aliphatic hydroxyl groups is 1. The van der Waals surface area contributed by atoms with E-state index in [1.807, 2.05) is 30.3 Å². The Bertz CT molecular complexity index is 1310. The van der Waals surface area contributed by atoms with Crippen LogP contribution in [0.1, 0.15) is 37.7 Å². The van der Waals surface area contributed by atoms with Crippen molar-refractivity contribution < 1.29 is 37.3 Å². The molecule has 11 nitrogen and oxygen atoms in total. The Hall–Kier alpha value is -3.19. The standard InChI is InChI=1S/C30H39N3O8S/c1-39-23-8-10-25(11-9-23)42(37,38)33(18-22-7-12-29(35)31-22)19-27(34)26(15-20-5-3-2-4-6-20)32-30(36)41-24-16-21-13-14-40-28(21)17-24/h2-6,8-11,21-22,24,26-28,34H,7,12-19H2,1H3,(H,31,35)(H,32,36)/t21-,22?,24+,26-,27+,28+/m0/s1. The maximum Gasteiger partial charge on any atom is 0.407 e. The molecule has 2 amide bonds. The van der Waals surface area contributed by atoms with Gasteiger partial charge in [0, 0.05) is 38.6 Å². The SMILES string of the molecule is COc1ccc(S(=O)(=O)N(CC2CCC(=O)N2)C[C@@H](O)[C@H](Cc2ccccc2)NC(=O)O[C@@H]2C[C@@H]3CCO[C@@H]3C2)cc1. The molecule has 1 unspecified atom stereocenters. The average molecular weight is 602 g/mol. The number of sulfonamides is 1. The number of nitrogens with zero attached hydrogens (tertiary/aromatic N) is 1. The minimum atomic E-state index is -4.08. The van der Waals surface area contributed by atoms with Gasteiger partial charge in [0.2, 0.25) is 15.9 Å². The lowest BCUT2D eigenvalue weighted by molar-refractivity contribution is -0.119. The summed E-state index contributed by atoms with van der Waals surface area (Å²) in [5.41, 5.74) is 0.860. The molecule has 2 heterocycles. The number of rotatable bonds is 12. The van der Waals surface area contributed by atoms with Crippen LogP contribution in [0.25, 0.3) is 0 Å². The number of carbonyl (C=O) groups is 2. The first-order valence-electron chi connectivity index (χ1n) is 14.5. The second-order valence-electron chi connectivity index (χ2n) is 11.3. The first-order valence-corrected chi connectivity index (χ1v) is 15.9. The number of hydrogen-bond donors (Lipinski definition) is 3. The molecular weight excluding hydrogens is 562 g/mol. The number of amides is 2. The summed E-state index contributed by atoms with van der Waals surface area (Å²) >= 11 is 0. The summed E-state index contributed by atoms with van der Waals surface area (Å²) in [4.78, 5) is 24.9. The summed E-state index contributed by atoms with van der Waals surface area (Å²) in [6.45, 7) is 0.407. The van der Waals surface area contributed by atoms with E-state index in [2.05, 4.69) is 10.6 Å². The third-order valence-corrected chi connectivity index (χ3v) is 10.2. The van der Waals surface area contributed by atoms with Crippen LogP contribution in [0.3, 0.4) is 0 Å². The van der Waals surface area contributed by atoms with E-state index in [1.165, 1.54) is 23.5 Å². The van der Waals surface area contributed by atoms with Gasteiger partial charge in [-0.25, -0.2) is 13.2 Å². The van der Waals surface area contributed by atoms with Crippen LogP contribution < -0.4 is 15.4 Å². The normalized spacial score (nSPS) is 25.1. The van der Waals surface area contributed by atoms with Gasteiger partial charge in [-0.05, 0) is 61.4 Å². The highest BCUT2D eigenvalue weighted by atomic mass is 32.2. The van der Waals surface area contributed by atoms with Crippen molar-refractivity contribution in [2.75, 3.05) is 26.8 Å². The van der Waals surface area contributed by atoms with Crippen LogP contribution in [0.4, 0.5) is 4.79 Å². The van der Waals surface area contributed by atoms with E-state index in [0.717, 1.165) is 25.0 Å². The van der Waals surface area contributed by atoms with Gasteiger partial charge in [-0.2, -0.15) is 4.31 Å². The second kappa shape index (κ2) is 13.4. The van der Waals surface area contributed by atoms with Gasteiger partial charge in [-0.1, -0.05) is 30.3 Å². The van der Waals surface area contributed by atoms with E-state index >= 15 is 0 Å². The molecule has 1 saturated carbocycles. The highest BCUT2D eigenvalue weighted by Crippen LogP contribution is 2.37. The minimum Gasteiger partial charge on any atom is -0.497 e. The summed E-state index contributed by atoms with van der Waals surface area (Å²) in [6, 6.07) is 14.1. The Balaban J connectivity index is 1.33. The van der Waals surface area contributed by atoms with Crippen molar-refractivity contribution >= 4 is 22.0 Å². The number of nitrogens with one attached hydrogen (secondary N) is 2. The maximum atomic E-state index is 13.8. The number of ether oxygens (including phenoxy) is 3. The fourth-order valence-corrected chi connectivity index (χ4v) is 7.57. The smallest absolute Gasteiger partial charge is 0.407 e. The maximum absolute atomic E-state index is 13.8. The van der Waals surface area contributed by atoms with Gasteiger partial charge in [0.15, 0.2) is 0 Å². The number of alkyl carbamates (subject to hydrolysis) is 1. The van der Waals surface area contributed by atoms with Crippen molar-refractivity contribution in [2.24, 2.45) is 5.92 Å². The van der Waals surface area contributed by atoms with Crippen molar-refractivity contribution in [1.29, 1.82) is 0 Å². The van der Waals surface area contributed by atoms with Gasteiger partial charge in [-0.15, -0.1) is 0 Å². The third kappa shape index (κ3) is 7.41. The molecule has 0 spiro atoms. The summed E-state index contributed by atoms with van der Waals surface area (Å²) in [5, 5.41) is 17.1. The number of methoxy groups -OCH3 is 1. The van der Waals surface area contributed by atoms with E-state index in [1.54, 1.807) is 12.1 Å². The number of aliphatic hydroxyl groups excluding tert-OH is 1. The summed E-state index contributed by atoms with van der Waals surface area (Å²) < 4.78 is 45.4. The van der Waals surface area contributed by atoms with Gasteiger partial charge < -0.3 is 30.0 Å². The number of fused-ring (bicyclic) bond motifs is 1. The number of benzene rings is 2. The van der Waals surface area contributed by atoms with Crippen LogP contribution in [0.15, 0.2) is 59.5 Å². The van der Waals surface area contributed by atoms with Crippen molar-refractivity contribution in [3.63, 3.8) is 0 Å². The molecule has 3 fully saturated rings. The van der Waals surface area contributed by atoms with E-state index < -0.39 is 34.3 Å². The zero-order valence-electron chi connectivity index (χ0n) is 23.7. The van der Waals surface area contributed by atoms with Gasteiger partial charge >= 0.3 is 6.09 Å². The molecule has 3 aliphatic rings. The predicted octanol–water partition coefficient (Wildman–Crippen LogP) is 2.23. The van der Waals surface area contributed by atoms with Crippen LogP contribution in [-0.2, 0) is 30.7 Å². The fourth-order valence-electron chi connectivity index (χ4n) is 6.06. The molecule has 6 atom stereocenters. The van der Waals surface area contributed by atoms with E-state index in [-0.39, 0.29) is 42.5 Å². The monoisotopic (exact) mass is 601 g/mol. The molecule has 2 saturated heterocycles. The molecule has 2 aromatic carbocycles. The average Bonchev–Trinajstić information content (AvgIpc) is 3.69. The first-order chi connectivity index (χ1) is 20.2. The predicted molar refractivity (Wildman–Crippen MR) is 153 cm³/mol. The fraction of sp³-hybridized carbons (Fsp3) is 0.533. The van der Waals surface area contributed by atoms with Gasteiger partial charge in [-0.3, -0.25) is 4.79 Å². The van der Waals surface area contributed by atoms with E-state index in [4.69, 9.17) is 14.2 Å². The van der Waals surface area contributed by atoms with Crippen LogP contribution >= 0.6 is 0 Å². The molecule has 1 aliphatic carbocycles. The van der Waals surface area contributed by atoms with Gasteiger partial charge in [0.1, 0.15) is 11.9 Å². The first kappa shape index (κ1) is 30.3.